The summed E-state index contributed by atoms with van der Waals surface area (Å²) in [6.45, 7) is 1.58. The highest BCUT2D eigenvalue weighted by molar-refractivity contribution is 6.04. The molecule has 2 unspecified atom stereocenters. The summed E-state index contributed by atoms with van der Waals surface area (Å²) in [5.74, 6) is -0.324. The summed E-state index contributed by atoms with van der Waals surface area (Å²) < 4.78 is 1.81. The standard InChI is InChI=1S/C17H19N3O4/c21-14-3-1-2-13-12-6-11(8-19(13)14)7-18(9-12)17(24)10-20-15(22)4-5-16(20)23/h1-3,11-12H,4-10H2. The van der Waals surface area contributed by atoms with Crippen molar-refractivity contribution in [1.29, 1.82) is 0 Å². The van der Waals surface area contributed by atoms with Crippen LogP contribution in [0.15, 0.2) is 23.0 Å². The number of likely N-dealkylation sites (tertiary alicyclic amines) is 2. The first-order chi connectivity index (χ1) is 11.5. The van der Waals surface area contributed by atoms with Crippen molar-refractivity contribution in [3.63, 3.8) is 0 Å². The van der Waals surface area contributed by atoms with Crippen molar-refractivity contribution < 1.29 is 14.4 Å². The van der Waals surface area contributed by atoms with Crippen LogP contribution in [0, 0.1) is 5.92 Å². The molecule has 0 radical (unpaired) electrons. The van der Waals surface area contributed by atoms with E-state index in [2.05, 4.69) is 0 Å². The van der Waals surface area contributed by atoms with E-state index in [0.29, 0.717) is 19.6 Å². The molecule has 0 spiro atoms. The number of fused-ring (bicyclic) bond motifs is 4. The van der Waals surface area contributed by atoms with Crippen molar-refractivity contribution in [1.82, 2.24) is 14.4 Å². The third kappa shape index (κ3) is 2.44. The molecule has 2 atom stereocenters. The van der Waals surface area contributed by atoms with Crippen LogP contribution in [-0.4, -0.2) is 51.7 Å². The normalized spacial score (nSPS) is 25.8. The Morgan fingerprint density at radius 1 is 1.04 bits per heavy atom. The van der Waals surface area contributed by atoms with E-state index in [1.165, 1.54) is 0 Å². The molecule has 24 heavy (non-hydrogen) atoms. The van der Waals surface area contributed by atoms with Gasteiger partial charge in [-0.15, -0.1) is 0 Å². The van der Waals surface area contributed by atoms with Crippen LogP contribution < -0.4 is 5.56 Å². The molecule has 7 heteroatoms. The zero-order valence-corrected chi connectivity index (χ0v) is 13.3. The average Bonchev–Trinajstić information content (AvgIpc) is 2.87. The Kier molecular flexibility index (Phi) is 3.51. The molecule has 0 aliphatic carbocycles. The van der Waals surface area contributed by atoms with E-state index in [0.717, 1.165) is 17.0 Å². The number of imide groups is 1. The van der Waals surface area contributed by atoms with E-state index in [-0.39, 0.29) is 54.5 Å². The zero-order valence-electron chi connectivity index (χ0n) is 13.3. The van der Waals surface area contributed by atoms with Crippen LogP contribution in [-0.2, 0) is 20.9 Å². The summed E-state index contributed by atoms with van der Waals surface area (Å²) in [5.41, 5.74) is 0.986. The van der Waals surface area contributed by atoms with E-state index in [1.807, 2.05) is 10.6 Å². The van der Waals surface area contributed by atoms with Gasteiger partial charge in [0, 0.05) is 50.2 Å². The van der Waals surface area contributed by atoms with Gasteiger partial charge >= 0.3 is 0 Å². The molecule has 3 aliphatic heterocycles. The number of carbonyl (C=O) groups is 3. The maximum atomic E-state index is 12.6. The van der Waals surface area contributed by atoms with Gasteiger partial charge in [0.15, 0.2) is 0 Å². The molecular weight excluding hydrogens is 310 g/mol. The Morgan fingerprint density at radius 2 is 1.79 bits per heavy atom. The highest BCUT2D eigenvalue weighted by Crippen LogP contribution is 2.35. The smallest absolute Gasteiger partial charge is 0.250 e. The van der Waals surface area contributed by atoms with Crippen LogP contribution in [0.2, 0.25) is 0 Å². The third-order valence-electron chi connectivity index (χ3n) is 5.28. The number of pyridine rings is 1. The van der Waals surface area contributed by atoms with Gasteiger partial charge in [0.25, 0.3) is 5.56 Å². The summed E-state index contributed by atoms with van der Waals surface area (Å²) in [6, 6.07) is 5.28. The van der Waals surface area contributed by atoms with Gasteiger partial charge in [0.1, 0.15) is 6.54 Å². The molecule has 1 aromatic heterocycles. The molecule has 0 aromatic carbocycles. The summed E-state index contributed by atoms with van der Waals surface area (Å²) >= 11 is 0. The predicted molar refractivity (Wildman–Crippen MR) is 84.1 cm³/mol. The molecule has 4 rings (SSSR count). The van der Waals surface area contributed by atoms with Crippen molar-refractivity contribution in [2.45, 2.75) is 31.7 Å². The van der Waals surface area contributed by atoms with Crippen molar-refractivity contribution in [3.05, 3.63) is 34.2 Å². The third-order valence-corrected chi connectivity index (χ3v) is 5.28. The fourth-order valence-corrected chi connectivity index (χ4v) is 4.13. The molecule has 0 saturated carbocycles. The van der Waals surface area contributed by atoms with Crippen molar-refractivity contribution in [3.8, 4) is 0 Å². The van der Waals surface area contributed by atoms with E-state index < -0.39 is 0 Å². The minimum atomic E-state index is -0.262. The lowest BCUT2D eigenvalue weighted by Crippen LogP contribution is -2.51. The Bertz CT molecular complexity index is 768. The van der Waals surface area contributed by atoms with Crippen molar-refractivity contribution in [2.75, 3.05) is 19.6 Å². The first-order valence-electron chi connectivity index (χ1n) is 8.33. The fraction of sp³-hybridized carbons (Fsp3) is 0.529. The van der Waals surface area contributed by atoms with Crippen molar-refractivity contribution in [2.24, 2.45) is 5.92 Å². The second-order valence-corrected chi connectivity index (χ2v) is 6.87. The number of hydrogen-bond donors (Lipinski definition) is 0. The van der Waals surface area contributed by atoms with Crippen LogP contribution in [0.4, 0.5) is 0 Å². The van der Waals surface area contributed by atoms with E-state index in [1.54, 1.807) is 17.0 Å². The first-order valence-corrected chi connectivity index (χ1v) is 8.33. The van der Waals surface area contributed by atoms with Gasteiger partial charge in [0.2, 0.25) is 17.7 Å². The SMILES string of the molecule is O=C(CN1C(=O)CCC1=O)N1CC2CC(C1)c1cccc(=O)n1C2. The molecule has 7 nitrogen and oxygen atoms in total. The maximum Gasteiger partial charge on any atom is 0.250 e. The summed E-state index contributed by atoms with van der Waals surface area (Å²) in [5, 5.41) is 0. The lowest BCUT2D eigenvalue weighted by molar-refractivity contribution is -0.146. The molecule has 3 amide bonds. The van der Waals surface area contributed by atoms with E-state index in [9.17, 15) is 19.2 Å². The summed E-state index contributed by atoms with van der Waals surface area (Å²) in [6.07, 6.45) is 1.37. The number of carbonyl (C=O) groups excluding carboxylic acids is 3. The largest absolute Gasteiger partial charge is 0.340 e. The molecule has 2 bridgehead atoms. The van der Waals surface area contributed by atoms with Crippen LogP contribution in [0.25, 0.3) is 0 Å². The Labute approximate surface area is 138 Å². The van der Waals surface area contributed by atoms with Gasteiger partial charge in [-0.3, -0.25) is 24.1 Å². The van der Waals surface area contributed by atoms with Gasteiger partial charge in [-0.25, -0.2) is 0 Å². The number of rotatable bonds is 2. The monoisotopic (exact) mass is 329 g/mol. The van der Waals surface area contributed by atoms with Gasteiger partial charge in [-0.05, 0) is 18.4 Å². The second-order valence-electron chi connectivity index (χ2n) is 6.87. The lowest BCUT2D eigenvalue weighted by atomic mass is 9.83. The van der Waals surface area contributed by atoms with Gasteiger partial charge < -0.3 is 9.47 Å². The minimum Gasteiger partial charge on any atom is -0.340 e. The number of nitrogens with zero attached hydrogens (tertiary/aromatic N) is 3. The van der Waals surface area contributed by atoms with Crippen LogP contribution >= 0.6 is 0 Å². The first kappa shape index (κ1) is 15.1. The fourth-order valence-electron chi connectivity index (χ4n) is 4.13. The molecule has 126 valence electrons. The minimum absolute atomic E-state index is 0.00948. The number of amides is 3. The number of piperidine rings is 1. The van der Waals surface area contributed by atoms with Crippen LogP contribution in [0.3, 0.4) is 0 Å². The summed E-state index contributed by atoms with van der Waals surface area (Å²) in [4.78, 5) is 50.8. The predicted octanol–water partition coefficient (Wildman–Crippen LogP) is -0.0570. The van der Waals surface area contributed by atoms with Gasteiger partial charge in [-0.2, -0.15) is 0 Å². The Balaban J connectivity index is 1.52. The highest BCUT2D eigenvalue weighted by atomic mass is 16.2. The highest BCUT2D eigenvalue weighted by Gasteiger charge is 2.38. The summed E-state index contributed by atoms with van der Waals surface area (Å²) in [7, 11) is 0. The average molecular weight is 329 g/mol. The van der Waals surface area contributed by atoms with E-state index in [4.69, 9.17) is 0 Å². The topological polar surface area (TPSA) is 79.7 Å². The molecule has 2 fully saturated rings. The molecule has 0 N–H and O–H groups in total. The number of aromatic nitrogens is 1. The quantitative estimate of drug-likeness (QED) is 0.712. The molecule has 2 saturated heterocycles. The zero-order chi connectivity index (χ0) is 16.8. The second kappa shape index (κ2) is 5.58. The molecule has 4 heterocycles. The molecular formula is C17H19N3O4. The molecule has 3 aliphatic rings. The van der Waals surface area contributed by atoms with Gasteiger partial charge in [0.05, 0.1) is 0 Å². The van der Waals surface area contributed by atoms with Crippen LogP contribution in [0.5, 0.6) is 0 Å². The van der Waals surface area contributed by atoms with E-state index >= 15 is 0 Å². The number of hydrogen-bond acceptors (Lipinski definition) is 4. The lowest BCUT2D eigenvalue weighted by Gasteiger charge is -2.43. The van der Waals surface area contributed by atoms with Gasteiger partial charge in [-0.1, -0.05) is 6.07 Å². The van der Waals surface area contributed by atoms with Crippen molar-refractivity contribution >= 4 is 17.7 Å². The van der Waals surface area contributed by atoms with Crippen LogP contribution in [0.1, 0.15) is 30.9 Å². The molecule has 1 aromatic rings. The maximum absolute atomic E-state index is 12.6. The Hall–Kier alpha value is -2.44. The Morgan fingerprint density at radius 3 is 2.54 bits per heavy atom.